The van der Waals surface area contributed by atoms with Gasteiger partial charge >= 0.3 is 0 Å². The lowest BCUT2D eigenvalue weighted by molar-refractivity contribution is 0.323. The first-order valence-corrected chi connectivity index (χ1v) is 6.30. The van der Waals surface area contributed by atoms with Gasteiger partial charge in [0.05, 0.1) is 0 Å². The lowest BCUT2D eigenvalue weighted by atomic mass is 9.86. The first-order chi connectivity index (χ1) is 4.95. The molecule has 0 radical (unpaired) electrons. The van der Waals surface area contributed by atoms with Gasteiger partial charge in [-0.15, -0.1) is 0 Å². The predicted octanol–water partition coefficient (Wildman–Crippen LogP) is 4.00. The summed E-state index contributed by atoms with van der Waals surface area (Å²) in [4.78, 5) is 0. The van der Waals surface area contributed by atoms with E-state index in [2.05, 4.69) is 27.7 Å². The summed E-state index contributed by atoms with van der Waals surface area (Å²) in [7, 11) is 0.213. The molecule has 3 heteroatoms. The molecule has 0 spiro atoms. The van der Waals surface area contributed by atoms with E-state index in [1.165, 1.54) is 17.8 Å². The van der Waals surface area contributed by atoms with Crippen LogP contribution in [0.3, 0.4) is 0 Å². The maximum atomic E-state index is 10.1. The third-order valence-electron chi connectivity index (χ3n) is 1.37. The summed E-state index contributed by atoms with van der Waals surface area (Å²) in [5.74, 6) is 1.67. The topological polar surface area (TPSA) is 17.1 Å². The van der Waals surface area contributed by atoms with Crippen LogP contribution in [0.1, 0.15) is 34.1 Å². The van der Waals surface area contributed by atoms with Crippen LogP contribution in [-0.2, 0) is 4.57 Å². The van der Waals surface area contributed by atoms with Crippen LogP contribution < -0.4 is 0 Å². The highest BCUT2D eigenvalue weighted by Crippen LogP contribution is 2.29. The molecule has 66 valence electrons. The SMILES string of the molecule is CC(CSP=O)CC(C)(C)C. The maximum Gasteiger partial charge on any atom is 0.226 e. The Kier molecular flexibility index (Phi) is 5.37. The summed E-state index contributed by atoms with van der Waals surface area (Å²) in [5, 5.41) is 0. The first-order valence-electron chi connectivity index (χ1n) is 3.90. The summed E-state index contributed by atoms with van der Waals surface area (Å²) < 4.78 is 10.1. The minimum absolute atomic E-state index is 0.213. The summed E-state index contributed by atoms with van der Waals surface area (Å²) in [6.07, 6.45) is 1.20. The molecule has 0 N–H and O–H groups in total. The van der Waals surface area contributed by atoms with E-state index in [-0.39, 0.29) is 7.66 Å². The molecule has 0 aliphatic heterocycles. The zero-order valence-electron chi connectivity index (χ0n) is 7.76. The first kappa shape index (κ1) is 11.4. The van der Waals surface area contributed by atoms with Crippen molar-refractivity contribution in [2.24, 2.45) is 11.3 Å². The summed E-state index contributed by atoms with van der Waals surface area (Å²) in [6.45, 7) is 8.93. The quantitative estimate of drug-likeness (QED) is 0.626. The van der Waals surface area contributed by atoms with Gasteiger partial charge in [-0.1, -0.05) is 39.1 Å². The molecule has 0 aliphatic rings. The van der Waals surface area contributed by atoms with Gasteiger partial charge in [-0.2, -0.15) is 0 Å². The molecule has 0 heterocycles. The molecule has 1 unspecified atom stereocenters. The van der Waals surface area contributed by atoms with E-state index in [4.69, 9.17) is 0 Å². The van der Waals surface area contributed by atoms with E-state index in [0.717, 1.165) is 5.75 Å². The average molecular weight is 192 g/mol. The Morgan fingerprint density at radius 3 is 2.36 bits per heavy atom. The molecule has 0 saturated heterocycles. The third-order valence-corrected chi connectivity index (χ3v) is 2.96. The van der Waals surface area contributed by atoms with Gasteiger partial charge in [-0.05, 0) is 17.8 Å². The molecule has 1 atom stereocenters. The minimum Gasteiger partial charge on any atom is -0.262 e. The number of rotatable bonds is 4. The van der Waals surface area contributed by atoms with Crippen molar-refractivity contribution < 1.29 is 4.57 Å². The van der Waals surface area contributed by atoms with Crippen molar-refractivity contribution in [1.29, 1.82) is 0 Å². The summed E-state index contributed by atoms with van der Waals surface area (Å²) in [6, 6.07) is 0. The Morgan fingerprint density at radius 2 is 2.00 bits per heavy atom. The van der Waals surface area contributed by atoms with Gasteiger partial charge in [0.15, 0.2) is 0 Å². The number of hydrogen-bond donors (Lipinski definition) is 0. The lowest BCUT2D eigenvalue weighted by Crippen LogP contribution is -2.12. The second-order valence-corrected chi connectivity index (χ2v) is 6.20. The molecule has 0 amide bonds. The van der Waals surface area contributed by atoms with Crippen molar-refractivity contribution in [3.05, 3.63) is 0 Å². The van der Waals surface area contributed by atoms with Crippen molar-refractivity contribution in [1.82, 2.24) is 0 Å². The zero-order chi connectivity index (χ0) is 8.91. The van der Waals surface area contributed by atoms with Crippen LogP contribution in [0.15, 0.2) is 0 Å². The van der Waals surface area contributed by atoms with Crippen molar-refractivity contribution in [2.75, 3.05) is 5.75 Å². The fraction of sp³-hybridized carbons (Fsp3) is 1.00. The molecule has 0 aromatic carbocycles. The Morgan fingerprint density at radius 1 is 1.45 bits per heavy atom. The molecule has 0 fully saturated rings. The van der Waals surface area contributed by atoms with Crippen molar-refractivity contribution in [3.8, 4) is 0 Å². The van der Waals surface area contributed by atoms with Gasteiger partial charge < -0.3 is 0 Å². The summed E-state index contributed by atoms with van der Waals surface area (Å²) in [5.41, 5.74) is 0.403. The zero-order valence-corrected chi connectivity index (χ0v) is 9.47. The van der Waals surface area contributed by atoms with Gasteiger partial charge in [0, 0.05) is 5.75 Å². The highest BCUT2D eigenvalue weighted by atomic mass is 32.7. The molecule has 1 nitrogen and oxygen atoms in total. The largest absolute Gasteiger partial charge is 0.262 e. The molecular formula is C8H17OPS. The van der Waals surface area contributed by atoms with Crippen LogP contribution in [0.2, 0.25) is 0 Å². The maximum absolute atomic E-state index is 10.1. The van der Waals surface area contributed by atoms with Crippen LogP contribution in [0, 0.1) is 11.3 Å². The van der Waals surface area contributed by atoms with Crippen molar-refractivity contribution in [2.45, 2.75) is 34.1 Å². The summed E-state index contributed by atoms with van der Waals surface area (Å²) >= 11 is 1.47. The molecule has 0 aromatic heterocycles. The van der Waals surface area contributed by atoms with E-state index in [0.29, 0.717) is 11.3 Å². The lowest BCUT2D eigenvalue weighted by Gasteiger charge is -2.22. The standard InChI is InChI=1S/C8H17OPS/c1-7(6-11-10-9)5-8(2,3)4/h7H,5-6H2,1-4H3. The second-order valence-electron chi connectivity index (χ2n) is 4.24. The van der Waals surface area contributed by atoms with Crippen LogP contribution in [-0.4, -0.2) is 5.75 Å². The Labute approximate surface area is 75.3 Å². The Bertz CT molecular complexity index is 120. The molecule has 0 bridgehead atoms. The van der Waals surface area contributed by atoms with Gasteiger partial charge in [-0.25, -0.2) is 0 Å². The Balaban J connectivity index is 3.51. The second kappa shape index (κ2) is 5.16. The molecule has 0 saturated carbocycles. The van der Waals surface area contributed by atoms with Crippen molar-refractivity contribution >= 4 is 19.0 Å². The Hall–Kier alpha value is 0.450. The van der Waals surface area contributed by atoms with Gasteiger partial charge in [-0.3, -0.25) is 4.57 Å². The van der Waals surface area contributed by atoms with E-state index >= 15 is 0 Å². The van der Waals surface area contributed by atoms with Crippen LogP contribution in [0.5, 0.6) is 0 Å². The normalized spacial score (nSPS) is 15.3. The van der Waals surface area contributed by atoms with Gasteiger partial charge in [0.1, 0.15) is 0 Å². The van der Waals surface area contributed by atoms with E-state index in [1.807, 2.05) is 0 Å². The van der Waals surface area contributed by atoms with Crippen LogP contribution in [0.4, 0.5) is 0 Å². The molecule has 0 aromatic rings. The highest BCUT2D eigenvalue weighted by molar-refractivity contribution is 8.45. The van der Waals surface area contributed by atoms with Gasteiger partial charge in [0.2, 0.25) is 7.66 Å². The monoisotopic (exact) mass is 192 g/mol. The van der Waals surface area contributed by atoms with Crippen LogP contribution >= 0.6 is 19.0 Å². The van der Waals surface area contributed by atoms with E-state index in [9.17, 15) is 4.57 Å². The average Bonchev–Trinajstić information content (AvgIpc) is 1.79. The molecule has 0 aliphatic carbocycles. The molecule has 0 rings (SSSR count). The molecular weight excluding hydrogens is 175 g/mol. The van der Waals surface area contributed by atoms with E-state index < -0.39 is 0 Å². The van der Waals surface area contributed by atoms with Gasteiger partial charge in [0.25, 0.3) is 0 Å². The fourth-order valence-electron chi connectivity index (χ4n) is 1.26. The predicted molar refractivity (Wildman–Crippen MR) is 53.3 cm³/mol. The van der Waals surface area contributed by atoms with Crippen molar-refractivity contribution in [3.63, 3.8) is 0 Å². The highest BCUT2D eigenvalue weighted by Gasteiger charge is 2.14. The fourth-order valence-corrected chi connectivity index (χ4v) is 2.64. The molecule has 11 heavy (non-hydrogen) atoms. The third kappa shape index (κ3) is 8.36. The van der Waals surface area contributed by atoms with Crippen LogP contribution in [0.25, 0.3) is 0 Å². The number of hydrogen-bond acceptors (Lipinski definition) is 2. The van der Waals surface area contributed by atoms with E-state index in [1.54, 1.807) is 0 Å². The smallest absolute Gasteiger partial charge is 0.226 e. The minimum atomic E-state index is 0.213.